The van der Waals surface area contributed by atoms with Crippen LogP contribution in [0.15, 0.2) is 211 Å². The Balaban J connectivity index is 1.15. The average Bonchev–Trinajstić information content (AvgIpc) is 3.87. The van der Waals surface area contributed by atoms with E-state index < -0.39 is 0 Å². The first-order valence-electron chi connectivity index (χ1n) is 21.1. The van der Waals surface area contributed by atoms with Gasteiger partial charge in [-0.2, -0.15) is 0 Å². The normalized spacial score (nSPS) is 14.7. The van der Waals surface area contributed by atoms with E-state index in [0.717, 1.165) is 27.8 Å². The molecule has 2 heteroatoms. The van der Waals surface area contributed by atoms with E-state index in [4.69, 9.17) is 9.40 Å². The van der Waals surface area contributed by atoms with Crippen LogP contribution in [0.2, 0.25) is 0 Å². The fourth-order valence-electron chi connectivity index (χ4n) is 10.6. The summed E-state index contributed by atoms with van der Waals surface area (Å²) in [4.78, 5) is 4.78. The molecule has 0 radical (unpaired) electrons. The summed E-state index contributed by atoms with van der Waals surface area (Å²) in [6.07, 6.45) is 0. The van der Waals surface area contributed by atoms with E-state index in [1.807, 2.05) is 24.3 Å². The van der Waals surface area contributed by atoms with E-state index in [0.29, 0.717) is 5.89 Å². The lowest BCUT2D eigenvalue weighted by Gasteiger charge is -2.31. The molecule has 0 amide bonds. The molecular formula is C59H37NO. The second-order valence-electron chi connectivity index (χ2n) is 16.7. The number of hydrogen-bond donors (Lipinski definition) is 0. The zero-order valence-electron chi connectivity index (χ0n) is 33.5. The van der Waals surface area contributed by atoms with E-state index in [2.05, 4.69) is 189 Å². The second-order valence-corrected chi connectivity index (χ2v) is 16.7. The monoisotopic (exact) mass is 775 g/mol. The Morgan fingerprint density at radius 3 is 1.74 bits per heavy atom. The Labute approximate surface area is 354 Å². The first-order chi connectivity index (χ1) is 30.1. The Bertz CT molecular complexity index is 3560. The summed E-state index contributed by atoms with van der Waals surface area (Å²) < 4.78 is 6.16. The highest BCUT2D eigenvalue weighted by molar-refractivity contribution is 6.25. The molecule has 0 fully saturated rings. The molecule has 0 saturated carbocycles. The third-order valence-electron chi connectivity index (χ3n) is 13.5. The van der Waals surface area contributed by atoms with Gasteiger partial charge in [-0.15, -0.1) is 0 Å². The molecule has 0 spiro atoms. The zero-order valence-corrected chi connectivity index (χ0v) is 33.5. The highest BCUT2D eigenvalue weighted by Gasteiger charge is 2.42. The Kier molecular flexibility index (Phi) is 7.18. The minimum Gasteiger partial charge on any atom is -0.436 e. The predicted molar refractivity (Wildman–Crippen MR) is 253 cm³/mol. The molecule has 11 aromatic rings. The molecule has 0 aliphatic heterocycles. The number of oxazole rings is 1. The minimum absolute atomic E-state index is 0.338. The molecule has 13 rings (SSSR count). The van der Waals surface area contributed by atoms with Gasteiger partial charge < -0.3 is 4.42 Å². The van der Waals surface area contributed by atoms with Gasteiger partial charge in [0.1, 0.15) is 5.52 Å². The second kappa shape index (κ2) is 12.8. The minimum atomic E-state index is -0.338. The van der Waals surface area contributed by atoms with Crippen molar-refractivity contribution in [3.8, 4) is 78.2 Å². The van der Waals surface area contributed by atoms with Gasteiger partial charge in [0.05, 0.1) is 0 Å². The number of para-hydroxylation sites is 2. The van der Waals surface area contributed by atoms with Crippen LogP contribution in [0.1, 0.15) is 23.6 Å². The van der Waals surface area contributed by atoms with Crippen molar-refractivity contribution in [2.24, 2.45) is 0 Å². The Morgan fingerprint density at radius 2 is 0.951 bits per heavy atom. The Morgan fingerprint density at radius 1 is 0.361 bits per heavy atom. The van der Waals surface area contributed by atoms with Crippen molar-refractivity contribution in [1.82, 2.24) is 4.98 Å². The molecule has 0 saturated heterocycles. The summed E-state index contributed by atoms with van der Waals surface area (Å²) in [6, 6.07) is 76.0. The number of fused-ring (bicyclic) bond motifs is 12. The molecule has 4 bridgehead atoms. The van der Waals surface area contributed by atoms with Gasteiger partial charge in [-0.25, -0.2) is 4.98 Å². The first-order valence-corrected chi connectivity index (χ1v) is 21.1. The predicted octanol–water partition coefficient (Wildman–Crippen LogP) is 15.8. The smallest absolute Gasteiger partial charge is 0.227 e. The molecule has 1 atom stereocenters. The summed E-state index contributed by atoms with van der Waals surface area (Å²) in [7, 11) is 0. The number of benzene rings is 10. The van der Waals surface area contributed by atoms with Crippen molar-refractivity contribution >= 4 is 32.6 Å². The standard InChI is InChI=1S/C59H37NO/c1-59-41-17-13-16-40(32-41)43-19-6-8-22-46(43)57-49-33-39(36-26-28-38(29-27-36)58-60-54-24-11-12-25-55(54)61-58)30-31-47(49)56(45-21-7-5-18-42(45)37-14-3-2-4-15-37)50-34-48(53(59)35-51(50)57)44-20-9-10-23-52(44)59/h2-35H,1H3. The number of hydrogen-bond acceptors (Lipinski definition) is 2. The third kappa shape index (κ3) is 4.94. The fourth-order valence-corrected chi connectivity index (χ4v) is 10.6. The maximum absolute atomic E-state index is 6.16. The maximum Gasteiger partial charge on any atom is 0.227 e. The third-order valence-corrected chi connectivity index (χ3v) is 13.5. The lowest BCUT2D eigenvalue weighted by atomic mass is 9.71. The van der Waals surface area contributed by atoms with Crippen LogP contribution in [-0.4, -0.2) is 4.98 Å². The van der Waals surface area contributed by atoms with Crippen LogP contribution in [0.3, 0.4) is 0 Å². The molecular weight excluding hydrogens is 739 g/mol. The highest BCUT2D eigenvalue weighted by Crippen LogP contribution is 2.57. The topological polar surface area (TPSA) is 26.0 Å². The molecule has 1 heterocycles. The van der Waals surface area contributed by atoms with Gasteiger partial charge in [-0.1, -0.05) is 158 Å². The van der Waals surface area contributed by atoms with Gasteiger partial charge in [0.15, 0.2) is 5.58 Å². The number of aromatic nitrogens is 1. The van der Waals surface area contributed by atoms with Gasteiger partial charge in [-0.05, 0) is 160 Å². The van der Waals surface area contributed by atoms with Crippen LogP contribution in [0.5, 0.6) is 0 Å². The van der Waals surface area contributed by atoms with Crippen LogP contribution in [0, 0.1) is 0 Å². The number of rotatable bonds is 4. The molecule has 1 aromatic heterocycles. The van der Waals surface area contributed by atoms with Crippen molar-refractivity contribution in [2.45, 2.75) is 12.3 Å². The van der Waals surface area contributed by atoms with Gasteiger partial charge >= 0.3 is 0 Å². The lowest BCUT2D eigenvalue weighted by Crippen LogP contribution is -2.22. The summed E-state index contributed by atoms with van der Waals surface area (Å²) >= 11 is 0. The van der Waals surface area contributed by atoms with Gasteiger partial charge in [0.2, 0.25) is 5.89 Å². The van der Waals surface area contributed by atoms with Crippen LogP contribution in [-0.2, 0) is 5.41 Å². The van der Waals surface area contributed by atoms with Crippen LogP contribution < -0.4 is 0 Å². The van der Waals surface area contributed by atoms with Gasteiger partial charge in [0, 0.05) is 11.0 Å². The van der Waals surface area contributed by atoms with E-state index in [1.54, 1.807) is 0 Å². The number of nitrogens with zero attached hydrogens (tertiary/aromatic N) is 1. The molecule has 284 valence electrons. The van der Waals surface area contributed by atoms with Crippen LogP contribution in [0.4, 0.5) is 0 Å². The first kappa shape index (κ1) is 34.1. The van der Waals surface area contributed by atoms with Gasteiger partial charge in [0.25, 0.3) is 0 Å². The van der Waals surface area contributed by atoms with Crippen molar-refractivity contribution in [3.05, 3.63) is 223 Å². The summed E-state index contributed by atoms with van der Waals surface area (Å²) in [5, 5.41) is 4.99. The quantitative estimate of drug-likeness (QED) is 0.166. The van der Waals surface area contributed by atoms with Crippen molar-refractivity contribution in [3.63, 3.8) is 0 Å². The SMILES string of the molecule is CC12c3cccc(c3)-c3ccccc3-c3c4cc(-c5ccc(-c6nc7ccccc7o6)cc5)ccc4c(-c4ccccc4-c4ccccc4)c4cc(c1cc34)-c1ccccc12. The Hall–Kier alpha value is -7.81. The van der Waals surface area contributed by atoms with Crippen molar-refractivity contribution in [2.75, 3.05) is 0 Å². The van der Waals surface area contributed by atoms with E-state index in [9.17, 15) is 0 Å². The summed E-state index contributed by atoms with van der Waals surface area (Å²) in [6.45, 7) is 2.44. The van der Waals surface area contributed by atoms with E-state index in [-0.39, 0.29) is 5.41 Å². The largest absolute Gasteiger partial charge is 0.436 e. The zero-order chi connectivity index (χ0) is 40.2. The molecule has 2 nitrogen and oxygen atoms in total. The molecule has 10 aromatic carbocycles. The molecule has 61 heavy (non-hydrogen) atoms. The van der Waals surface area contributed by atoms with Crippen molar-refractivity contribution in [1.29, 1.82) is 0 Å². The van der Waals surface area contributed by atoms with E-state index in [1.165, 1.54) is 93.9 Å². The molecule has 2 aliphatic rings. The maximum atomic E-state index is 6.16. The summed E-state index contributed by atoms with van der Waals surface area (Å²) in [5.74, 6) is 0.630. The van der Waals surface area contributed by atoms with E-state index >= 15 is 0 Å². The highest BCUT2D eigenvalue weighted by atomic mass is 16.3. The van der Waals surface area contributed by atoms with Crippen molar-refractivity contribution < 1.29 is 4.42 Å². The lowest BCUT2D eigenvalue weighted by molar-refractivity contribution is 0.620. The average molecular weight is 776 g/mol. The molecule has 0 N–H and O–H groups in total. The fraction of sp³-hybridized carbons (Fsp3) is 0.0339. The van der Waals surface area contributed by atoms with Crippen LogP contribution >= 0.6 is 0 Å². The summed E-state index contributed by atoms with van der Waals surface area (Å²) in [5.41, 5.74) is 21.1. The van der Waals surface area contributed by atoms with Gasteiger partial charge in [-0.3, -0.25) is 0 Å². The molecule has 2 aliphatic carbocycles. The molecule has 1 unspecified atom stereocenters. The van der Waals surface area contributed by atoms with Crippen LogP contribution in [0.25, 0.3) is 111 Å².